The Kier molecular flexibility index (Phi) is 12.1. The summed E-state index contributed by atoms with van der Waals surface area (Å²) < 4.78 is 52.2. The molecule has 0 unspecified atom stereocenters. The van der Waals surface area contributed by atoms with Crippen LogP contribution in [0, 0.1) is 0 Å². The number of methoxy groups -OCH3 is 2. The van der Waals surface area contributed by atoms with Crippen LogP contribution in [0.3, 0.4) is 0 Å². The van der Waals surface area contributed by atoms with E-state index in [4.69, 9.17) is 59.2 Å². The maximum Gasteiger partial charge on any atom is 0.530 e. The molecule has 0 atom stereocenters. The summed E-state index contributed by atoms with van der Waals surface area (Å²) in [6.07, 6.45) is 0. The second kappa shape index (κ2) is 17.1. The SMILES string of the molecule is COc1cc(-c2cc(OC)cc(C(C)(C)C)c2Op2oc3ccccc3c3ccccc3o2)c(OP(Oc2ccc(Cl)cc2)Oc2ccc(Cl)cc2)c(C(C)(C)C)c1. The van der Waals surface area contributed by atoms with Crippen LogP contribution in [0.15, 0.2) is 130 Å². The molecule has 7 rings (SSSR count). The molecule has 0 N–H and O–H groups in total. The van der Waals surface area contributed by atoms with Gasteiger partial charge in [0.05, 0.1) is 14.2 Å². The summed E-state index contributed by atoms with van der Waals surface area (Å²) in [5, 5.41) is 2.95. The van der Waals surface area contributed by atoms with Gasteiger partial charge in [-0.15, -0.1) is 0 Å². The summed E-state index contributed by atoms with van der Waals surface area (Å²) >= 11 is 12.5. The summed E-state index contributed by atoms with van der Waals surface area (Å²) in [7, 11) is -0.935. The second-order valence-electron chi connectivity index (χ2n) is 15.5. The Balaban J connectivity index is 1.49. The van der Waals surface area contributed by atoms with Crippen molar-refractivity contribution < 1.29 is 36.0 Å². The molecule has 7 aromatic rings. The molecule has 12 heteroatoms. The molecule has 0 aliphatic rings. The molecule has 0 saturated carbocycles. The van der Waals surface area contributed by atoms with Crippen LogP contribution in [0.2, 0.25) is 10.0 Å². The van der Waals surface area contributed by atoms with E-state index in [9.17, 15) is 0 Å². The van der Waals surface area contributed by atoms with Crippen molar-refractivity contribution in [3.8, 4) is 45.6 Å². The van der Waals surface area contributed by atoms with Crippen LogP contribution >= 0.6 is 40.0 Å². The highest BCUT2D eigenvalue weighted by atomic mass is 35.5. The van der Waals surface area contributed by atoms with Crippen LogP contribution in [0.4, 0.5) is 0 Å². The van der Waals surface area contributed by atoms with Gasteiger partial charge in [-0.1, -0.05) is 101 Å². The van der Waals surface area contributed by atoms with Gasteiger partial charge in [-0.25, -0.2) is 0 Å². The van der Waals surface area contributed by atoms with Gasteiger partial charge in [0.15, 0.2) is 0 Å². The van der Waals surface area contributed by atoms with Gasteiger partial charge in [0, 0.05) is 43.1 Å². The number of fused-ring (bicyclic) bond motifs is 3. The van der Waals surface area contributed by atoms with Crippen LogP contribution in [0.25, 0.3) is 33.1 Å². The van der Waals surface area contributed by atoms with Gasteiger partial charge in [0.25, 0.3) is 0 Å². The maximum absolute atomic E-state index is 7.05. The number of hydrogen-bond donors (Lipinski definition) is 0. The number of halogens is 2. The van der Waals surface area contributed by atoms with Gasteiger partial charge in [0.2, 0.25) is 0 Å². The molecule has 0 radical (unpaired) electrons. The van der Waals surface area contributed by atoms with Gasteiger partial charge in [0.1, 0.15) is 45.7 Å². The first-order chi connectivity index (χ1) is 27.7. The topological polar surface area (TPSA) is 81.7 Å². The number of hydrogen-bond acceptors (Lipinski definition) is 8. The molecular weight excluding hydrogens is 813 g/mol. The lowest BCUT2D eigenvalue weighted by Gasteiger charge is -2.29. The first-order valence-electron chi connectivity index (χ1n) is 18.5. The first kappa shape index (κ1) is 41.2. The van der Waals surface area contributed by atoms with Crippen molar-refractivity contribution in [2.24, 2.45) is 0 Å². The summed E-state index contributed by atoms with van der Waals surface area (Å²) in [4.78, 5) is 0. The third-order valence-electron chi connectivity index (χ3n) is 9.23. The van der Waals surface area contributed by atoms with E-state index >= 15 is 0 Å². The average molecular weight is 858 g/mol. The van der Waals surface area contributed by atoms with E-state index in [0.29, 0.717) is 66.8 Å². The van der Waals surface area contributed by atoms with Gasteiger partial charge < -0.3 is 36.0 Å². The van der Waals surface area contributed by atoms with E-state index in [2.05, 4.69) is 41.5 Å². The number of rotatable bonds is 11. The lowest BCUT2D eigenvalue weighted by molar-refractivity contribution is 0.380. The van der Waals surface area contributed by atoms with E-state index < -0.39 is 27.7 Å². The minimum atomic E-state index is -2.17. The van der Waals surface area contributed by atoms with Crippen molar-refractivity contribution >= 4 is 62.0 Å². The molecule has 0 amide bonds. The number of ether oxygens (including phenoxy) is 2. The van der Waals surface area contributed by atoms with Gasteiger partial charge in [-0.05, 0) is 95.8 Å². The molecule has 58 heavy (non-hydrogen) atoms. The zero-order chi connectivity index (χ0) is 41.2. The zero-order valence-corrected chi connectivity index (χ0v) is 36.8. The highest BCUT2D eigenvalue weighted by Gasteiger charge is 2.33. The molecule has 0 fully saturated rings. The van der Waals surface area contributed by atoms with Gasteiger partial charge in [-0.2, -0.15) is 0 Å². The molecular formula is C46H44Cl2O8P2. The quantitative estimate of drug-likeness (QED) is 0.119. The van der Waals surface area contributed by atoms with Gasteiger partial charge >= 0.3 is 16.8 Å². The normalized spacial score (nSPS) is 11.8. The van der Waals surface area contributed by atoms with Crippen LogP contribution in [-0.2, 0) is 10.8 Å². The molecule has 300 valence electrons. The van der Waals surface area contributed by atoms with E-state index in [1.165, 1.54) is 0 Å². The summed E-state index contributed by atoms with van der Waals surface area (Å²) in [6, 6.07) is 37.5. The first-order valence-corrected chi connectivity index (χ1v) is 21.5. The van der Waals surface area contributed by atoms with Crippen molar-refractivity contribution in [1.82, 2.24) is 0 Å². The molecule has 0 aliphatic heterocycles. The fourth-order valence-corrected chi connectivity index (χ4v) is 8.67. The summed E-state index contributed by atoms with van der Waals surface area (Å²) in [6.45, 7) is 12.7. The third-order valence-corrected chi connectivity index (χ3v) is 11.8. The van der Waals surface area contributed by atoms with Crippen molar-refractivity contribution in [1.29, 1.82) is 0 Å². The molecule has 1 aromatic heterocycles. The molecule has 0 aliphatic carbocycles. The summed E-state index contributed by atoms with van der Waals surface area (Å²) in [5.74, 6) is 3.24. The fourth-order valence-electron chi connectivity index (χ4n) is 6.27. The van der Waals surface area contributed by atoms with E-state index in [-0.39, 0.29) is 0 Å². The van der Waals surface area contributed by atoms with Crippen molar-refractivity contribution in [2.75, 3.05) is 14.2 Å². The lowest BCUT2D eigenvalue weighted by atomic mass is 9.81. The van der Waals surface area contributed by atoms with Crippen LogP contribution in [0.1, 0.15) is 52.7 Å². The Bertz CT molecular complexity index is 2490. The minimum Gasteiger partial charge on any atom is -0.497 e. The zero-order valence-electron chi connectivity index (χ0n) is 33.5. The molecule has 1 heterocycles. The Morgan fingerprint density at radius 2 is 0.914 bits per heavy atom. The Labute approximate surface area is 351 Å². The minimum absolute atomic E-state index is 0.440. The second-order valence-corrected chi connectivity index (χ2v) is 18.4. The van der Waals surface area contributed by atoms with Crippen LogP contribution < -0.4 is 27.6 Å². The van der Waals surface area contributed by atoms with E-state index in [0.717, 1.165) is 21.9 Å². The Morgan fingerprint density at radius 3 is 1.34 bits per heavy atom. The largest absolute Gasteiger partial charge is 0.530 e. The van der Waals surface area contributed by atoms with Crippen molar-refractivity contribution in [3.63, 3.8) is 0 Å². The number of benzene rings is 6. The smallest absolute Gasteiger partial charge is 0.497 e. The Morgan fingerprint density at radius 1 is 0.500 bits per heavy atom. The predicted octanol–water partition coefficient (Wildman–Crippen LogP) is 15.5. The van der Waals surface area contributed by atoms with E-state index in [1.54, 1.807) is 62.8 Å². The average Bonchev–Trinajstić information content (AvgIpc) is 3.35. The predicted molar refractivity (Wildman–Crippen MR) is 236 cm³/mol. The highest BCUT2D eigenvalue weighted by Crippen LogP contribution is 2.55. The molecule has 8 nitrogen and oxygen atoms in total. The molecule has 0 saturated heterocycles. The third kappa shape index (κ3) is 9.33. The summed E-state index contributed by atoms with van der Waals surface area (Å²) in [5.41, 5.74) is 3.37. The van der Waals surface area contributed by atoms with Crippen molar-refractivity contribution in [3.05, 3.63) is 142 Å². The highest BCUT2D eigenvalue weighted by molar-refractivity contribution is 7.43. The molecule has 0 spiro atoms. The van der Waals surface area contributed by atoms with Crippen molar-refractivity contribution in [2.45, 2.75) is 52.4 Å². The fraction of sp³-hybridized carbons (Fsp3) is 0.217. The maximum atomic E-state index is 7.05. The number of para-hydroxylation sites is 2. The van der Waals surface area contributed by atoms with Crippen LogP contribution in [-0.4, -0.2) is 14.2 Å². The standard InChI is InChI=1S/C46H44Cl2O8P2/c1-45(2,3)39-27-33(49-7)25-37(43(39)55-57(51-31-21-17-29(47)18-22-31)52-32-23-19-30(48)20-24-32)38-26-34(50-8)28-40(46(4,5)6)44(38)56-58-53-41-15-11-9-13-35(41)36-14-10-12-16-42(36)54-58/h9-28H,1-8H3. The lowest BCUT2D eigenvalue weighted by Crippen LogP contribution is -2.16. The molecule has 6 aromatic carbocycles. The Hall–Kier alpha value is -4.97. The monoisotopic (exact) mass is 856 g/mol. The van der Waals surface area contributed by atoms with Gasteiger partial charge in [-0.3, -0.25) is 0 Å². The van der Waals surface area contributed by atoms with E-state index in [1.807, 2.05) is 72.8 Å². The molecule has 0 bridgehead atoms. The van der Waals surface area contributed by atoms with Crippen LogP contribution in [0.5, 0.6) is 34.5 Å².